The minimum absolute atomic E-state index is 0.0642. The highest BCUT2D eigenvalue weighted by Crippen LogP contribution is 2.29. The third kappa shape index (κ3) is 3.33. The smallest absolute Gasteiger partial charge is 0.262 e. The highest BCUT2D eigenvalue weighted by atomic mass is 32.2. The Kier molecular flexibility index (Phi) is 4.43. The van der Waals surface area contributed by atoms with E-state index in [4.69, 9.17) is 5.79 Å². The Morgan fingerprint density at radius 2 is 2.04 bits per heavy atom. The number of aryl methyl sites for hydroxylation is 1. The SMILES string of the molecule is [3H]C(C)C1CCc2c(oc3cc(NS(=O)(=O)c4ccccc4C)ccc3c2=O)C1. The highest BCUT2D eigenvalue weighted by Gasteiger charge is 2.24. The van der Waals surface area contributed by atoms with E-state index in [1.807, 2.05) is 6.92 Å². The van der Waals surface area contributed by atoms with E-state index in [1.54, 1.807) is 49.4 Å². The van der Waals surface area contributed by atoms with Crippen molar-refractivity contribution < 1.29 is 14.2 Å². The molecule has 0 aliphatic heterocycles. The second kappa shape index (κ2) is 7.09. The van der Waals surface area contributed by atoms with Gasteiger partial charge in [-0.25, -0.2) is 8.42 Å². The quantitative estimate of drug-likeness (QED) is 0.705. The van der Waals surface area contributed by atoms with E-state index in [0.717, 1.165) is 6.42 Å². The molecule has 0 bridgehead atoms. The number of sulfonamides is 1. The van der Waals surface area contributed by atoms with E-state index in [0.29, 0.717) is 46.4 Å². The fourth-order valence-corrected chi connectivity index (χ4v) is 5.08. The minimum atomic E-state index is -3.75. The molecule has 3 aromatic rings. The van der Waals surface area contributed by atoms with Crippen LogP contribution in [0.3, 0.4) is 0 Å². The van der Waals surface area contributed by atoms with Crippen LogP contribution in [0.2, 0.25) is 0 Å². The molecule has 5 nitrogen and oxygen atoms in total. The van der Waals surface area contributed by atoms with Crippen LogP contribution in [0.25, 0.3) is 11.0 Å². The summed E-state index contributed by atoms with van der Waals surface area (Å²) in [5, 5.41) is 0.444. The Morgan fingerprint density at radius 3 is 2.79 bits per heavy atom. The molecule has 1 aliphatic carbocycles. The van der Waals surface area contributed by atoms with Gasteiger partial charge in [0.1, 0.15) is 11.3 Å². The molecule has 0 saturated heterocycles. The van der Waals surface area contributed by atoms with Crippen molar-refractivity contribution >= 4 is 26.7 Å². The molecule has 28 heavy (non-hydrogen) atoms. The largest absolute Gasteiger partial charge is 0.460 e. The molecular weight excluding hydrogens is 374 g/mol. The number of hydrogen-bond acceptors (Lipinski definition) is 4. The topological polar surface area (TPSA) is 76.4 Å². The molecule has 1 aliphatic rings. The van der Waals surface area contributed by atoms with Gasteiger partial charge in [0.2, 0.25) is 0 Å². The third-order valence-corrected chi connectivity index (χ3v) is 6.93. The van der Waals surface area contributed by atoms with E-state index in [2.05, 4.69) is 4.72 Å². The second-order valence-corrected chi connectivity index (χ2v) is 8.90. The van der Waals surface area contributed by atoms with Crippen LogP contribution in [-0.4, -0.2) is 8.42 Å². The summed E-state index contributed by atoms with van der Waals surface area (Å²) in [5.41, 5.74) is 1.97. The van der Waals surface area contributed by atoms with Gasteiger partial charge in [0, 0.05) is 19.4 Å². The highest BCUT2D eigenvalue weighted by molar-refractivity contribution is 7.92. The molecule has 2 aromatic carbocycles. The van der Waals surface area contributed by atoms with E-state index >= 15 is 0 Å². The van der Waals surface area contributed by atoms with Gasteiger partial charge < -0.3 is 4.42 Å². The van der Waals surface area contributed by atoms with Crippen molar-refractivity contribution in [3.63, 3.8) is 0 Å². The first-order chi connectivity index (χ1) is 13.8. The zero-order chi connectivity index (χ0) is 20.8. The average Bonchev–Trinajstić information content (AvgIpc) is 2.67. The maximum absolute atomic E-state index is 12.9. The Hall–Kier alpha value is -2.60. The van der Waals surface area contributed by atoms with Gasteiger partial charge in [0.25, 0.3) is 10.0 Å². The predicted molar refractivity (Wildman–Crippen MR) is 110 cm³/mol. The Bertz CT molecular complexity index is 1250. The summed E-state index contributed by atoms with van der Waals surface area (Å²) in [6.07, 6.45) is 1.76. The summed E-state index contributed by atoms with van der Waals surface area (Å²) < 4.78 is 42.1. The van der Waals surface area contributed by atoms with E-state index in [9.17, 15) is 13.2 Å². The minimum Gasteiger partial charge on any atom is -0.460 e. The lowest BCUT2D eigenvalue weighted by Crippen LogP contribution is -2.21. The summed E-state index contributed by atoms with van der Waals surface area (Å²) in [6.45, 7) is 3.59. The maximum atomic E-state index is 12.9. The van der Waals surface area contributed by atoms with Crippen LogP contribution in [0, 0.1) is 12.8 Å². The van der Waals surface area contributed by atoms with Gasteiger partial charge in [-0.3, -0.25) is 9.52 Å². The number of nitrogens with one attached hydrogen (secondary N) is 1. The van der Waals surface area contributed by atoms with Gasteiger partial charge in [0.15, 0.2) is 5.43 Å². The first-order valence-corrected chi connectivity index (χ1v) is 10.8. The van der Waals surface area contributed by atoms with Crippen LogP contribution >= 0.6 is 0 Å². The summed E-state index contributed by atoms with van der Waals surface area (Å²) in [5.74, 6) is 0.780. The van der Waals surface area contributed by atoms with Crippen molar-refractivity contribution in [2.24, 2.45) is 5.92 Å². The summed E-state index contributed by atoms with van der Waals surface area (Å²) in [7, 11) is -3.75. The van der Waals surface area contributed by atoms with Crippen LogP contribution in [-0.2, 0) is 22.9 Å². The van der Waals surface area contributed by atoms with Crippen LogP contribution in [0.5, 0.6) is 0 Å². The van der Waals surface area contributed by atoms with Crippen molar-refractivity contribution in [3.8, 4) is 0 Å². The third-order valence-electron chi connectivity index (χ3n) is 5.39. The normalized spacial score (nSPS) is 18.4. The molecule has 1 heterocycles. The molecule has 1 aromatic heterocycles. The van der Waals surface area contributed by atoms with Gasteiger partial charge in [-0.1, -0.05) is 31.5 Å². The average molecular weight is 400 g/mol. The molecular formula is C22H23NO4S. The zero-order valence-corrected chi connectivity index (χ0v) is 16.7. The van der Waals surface area contributed by atoms with Gasteiger partial charge >= 0.3 is 0 Å². The van der Waals surface area contributed by atoms with Crippen molar-refractivity contribution in [1.82, 2.24) is 0 Å². The molecule has 0 spiro atoms. The van der Waals surface area contributed by atoms with Crippen LogP contribution in [0.15, 0.2) is 56.6 Å². The Morgan fingerprint density at radius 1 is 1.25 bits per heavy atom. The number of rotatable bonds is 4. The van der Waals surface area contributed by atoms with Crippen LogP contribution < -0.4 is 10.2 Å². The maximum Gasteiger partial charge on any atom is 0.262 e. The van der Waals surface area contributed by atoms with E-state index < -0.39 is 10.0 Å². The number of fused-ring (bicyclic) bond motifs is 2. The lowest BCUT2D eigenvalue weighted by molar-refractivity contribution is 0.382. The summed E-state index contributed by atoms with van der Waals surface area (Å²) in [6, 6.07) is 11.5. The Balaban J connectivity index is 1.73. The van der Waals surface area contributed by atoms with Crippen LogP contribution in [0.4, 0.5) is 5.69 Å². The van der Waals surface area contributed by atoms with E-state index in [1.165, 1.54) is 0 Å². The van der Waals surface area contributed by atoms with Gasteiger partial charge in [-0.15, -0.1) is 0 Å². The standard InChI is InChI=1S/C22H23NO4S/c1-3-15-8-10-17-19(12-15)27-20-13-16(9-11-18(20)22(17)24)23-28(25,26)21-7-5-4-6-14(21)2/h4-7,9,11,13,15,23H,3,8,10,12H2,1-2H3/i3T. The zero-order valence-electron chi connectivity index (χ0n) is 16.9. The van der Waals surface area contributed by atoms with Crippen LogP contribution in [0.1, 0.15) is 38.0 Å². The number of benzene rings is 2. The lowest BCUT2D eigenvalue weighted by Gasteiger charge is -2.22. The molecule has 0 radical (unpaired) electrons. The molecule has 0 saturated carbocycles. The van der Waals surface area contributed by atoms with Gasteiger partial charge in [-0.2, -0.15) is 0 Å². The molecule has 2 atom stereocenters. The first-order valence-electron chi connectivity index (χ1n) is 9.93. The fourth-order valence-electron chi connectivity index (χ4n) is 3.78. The molecule has 1 N–H and O–H groups in total. The van der Waals surface area contributed by atoms with Gasteiger partial charge in [-0.05, 0) is 49.4 Å². The molecule has 4 rings (SSSR count). The summed E-state index contributed by atoms with van der Waals surface area (Å²) in [4.78, 5) is 13.1. The number of hydrogen-bond donors (Lipinski definition) is 1. The molecule has 0 fully saturated rings. The monoisotopic (exact) mass is 399 g/mol. The molecule has 2 unspecified atom stereocenters. The van der Waals surface area contributed by atoms with Crippen molar-refractivity contribution in [2.45, 2.75) is 44.4 Å². The second-order valence-electron chi connectivity index (χ2n) is 7.25. The van der Waals surface area contributed by atoms with Crippen molar-refractivity contribution in [1.29, 1.82) is 0 Å². The van der Waals surface area contributed by atoms with Crippen molar-refractivity contribution in [2.75, 3.05) is 4.72 Å². The van der Waals surface area contributed by atoms with E-state index in [-0.39, 0.29) is 22.6 Å². The molecule has 0 amide bonds. The molecule has 6 heteroatoms. The number of anilines is 1. The molecule has 146 valence electrons. The lowest BCUT2D eigenvalue weighted by atomic mass is 9.85. The Labute approximate surface area is 165 Å². The predicted octanol–water partition coefficient (Wildman–Crippen LogP) is 4.42. The van der Waals surface area contributed by atoms with Crippen molar-refractivity contribution in [3.05, 3.63) is 69.6 Å². The summed E-state index contributed by atoms with van der Waals surface area (Å²) >= 11 is 0. The van der Waals surface area contributed by atoms with Gasteiger partial charge in [0.05, 0.1) is 16.0 Å². The fraction of sp³-hybridized carbons (Fsp3) is 0.318. The first kappa shape index (κ1) is 17.5.